The number of carboxylic acids is 1. The van der Waals surface area contributed by atoms with Gasteiger partial charge in [0.25, 0.3) is 5.56 Å². The number of piperidine rings is 1. The van der Waals surface area contributed by atoms with Crippen molar-refractivity contribution in [1.29, 1.82) is 0 Å². The monoisotopic (exact) mass is 543 g/mol. The number of nitrogens with zero attached hydrogens (tertiary/aromatic N) is 4. The maximum Gasteiger partial charge on any atom is 0.356 e. The van der Waals surface area contributed by atoms with Gasteiger partial charge in [0, 0.05) is 36.3 Å². The Morgan fingerprint density at radius 3 is 2.54 bits per heavy atom. The summed E-state index contributed by atoms with van der Waals surface area (Å²) in [5.41, 5.74) is 3.67. The number of carboxylic acid groups (broad SMARTS) is 1. The average Bonchev–Trinajstić information content (AvgIpc) is 3.62. The number of carbonyl (C=O) groups excluding carboxylic acids is 1. The molecule has 1 saturated carbocycles. The van der Waals surface area contributed by atoms with E-state index in [1.54, 1.807) is 13.1 Å². The Kier molecular flexibility index (Phi) is 5.91. The van der Waals surface area contributed by atoms with Crippen molar-refractivity contribution in [3.63, 3.8) is 0 Å². The summed E-state index contributed by atoms with van der Waals surface area (Å²) in [5, 5.41) is 13.4. The number of aryl methyl sites for hydroxylation is 1. The number of amides is 1. The van der Waals surface area contributed by atoms with E-state index in [2.05, 4.69) is 10.3 Å². The minimum absolute atomic E-state index is 0.0818. The second-order valence-corrected chi connectivity index (χ2v) is 10.7. The van der Waals surface area contributed by atoms with Crippen LogP contribution in [0.25, 0.3) is 22.3 Å². The maximum absolute atomic E-state index is 13.5. The maximum atomic E-state index is 13.5. The second kappa shape index (κ2) is 9.20. The number of aromatic carboxylic acids is 1. The molecule has 0 spiro atoms. The smallest absolute Gasteiger partial charge is 0.356 e. The molecule has 39 heavy (non-hydrogen) atoms. The lowest BCUT2D eigenvalue weighted by atomic mass is 10.0. The topological polar surface area (TPSA) is 117 Å². The molecule has 1 amide bonds. The molecule has 1 saturated heterocycles. The van der Waals surface area contributed by atoms with E-state index in [1.165, 1.54) is 10.6 Å². The molecule has 2 fully saturated rings. The highest BCUT2D eigenvalue weighted by molar-refractivity contribution is 6.29. The van der Waals surface area contributed by atoms with Crippen LogP contribution in [0.5, 0.6) is 0 Å². The van der Waals surface area contributed by atoms with Crippen molar-refractivity contribution in [2.45, 2.75) is 26.3 Å². The molecule has 1 aliphatic carbocycles. The molecule has 2 aromatic heterocycles. The van der Waals surface area contributed by atoms with E-state index in [4.69, 9.17) is 16.6 Å². The fourth-order valence-electron chi connectivity index (χ4n) is 5.47. The molecule has 0 unspecified atom stereocenters. The molecule has 10 heteroatoms. The number of fused-ring (bicyclic) bond motifs is 2. The van der Waals surface area contributed by atoms with Gasteiger partial charge in [-0.05, 0) is 74.2 Å². The Labute approximate surface area is 229 Å². The fraction of sp³-hybridized carbons (Fsp3) is 0.276. The Bertz CT molecular complexity index is 1730. The van der Waals surface area contributed by atoms with Crippen LogP contribution in [-0.4, -0.2) is 38.1 Å². The zero-order chi connectivity index (χ0) is 27.6. The van der Waals surface area contributed by atoms with Gasteiger partial charge in [-0.15, -0.1) is 0 Å². The molecule has 3 heterocycles. The van der Waals surface area contributed by atoms with Crippen LogP contribution in [0.2, 0.25) is 5.15 Å². The van der Waals surface area contributed by atoms with E-state index in [9.17, 15) is 19.5 Å². The summed E-state index contributed by atoms with van der Waals surface area (Å²) >= 11 is 5.91. The number of hydrogen-bond acceptors (Lipinski definition) is 6. The standard InChI is InChI=1S/C29H26ClN5O4/c1-14-10-19(15(2)31-22-8-9-23(30)32-25(22)29(38)39)24-21(11-14)27(36)34(3)26(33-24)16-4-6-18(7-5-16)35-13-17-12-20(17)28(35)37/h4-11,15,17,20,31H,12-13H2,1-3H3,(H,38,39)/t15-,17-,20-/m1/s1. The van der Waals surface area contributed by atoms with Gasteiger partial charge in [0.15, 0.2) is 5.69 Å². The molecule has 1 aliphatic heterocycles. The minimum atomic E-state index is -1.20. The van der Waals surface area contributed by atoms with Gasteiger partial charge in [0.1, 0.15) is 11.0 Å². The molecule has 6 rings (SSSR count). The van der Waals surface area contributed by atoms with Crippen molar-refractivity contribution >= 4 is 45.8 Å². The van der Waals surface area contributed by atoms with E-state index >= 15 is 0 Å². The first-order valence-electron chi connectivity index (χ1n) is 12.7. The number of rotatable bonds is 6. The van der Waals surface area contributed by atoms with E-state index in [0.29, 0.717) is 28.3 Å². The van der Waals surface area contributed by atoms with Crippen molar-refractivity contribution in [1.82, 2.24) is 14.5 Å². The number of anilines is 2. The molecule has 2 aliphatic rings. The van der Waals surface area contributed by atoms with Gasteiger partial charge in [-0.25, -0.2) is 14.8 Å². The number of benzene rings is 2. The summed E-state index contributed by atoms with van der Waals surface area (Å²) in [5.74, 6) is 0.138. The van der Waals surface area contributed by atoms with Crippen LogP contribution in [0.15, 0.2) is 53.3 Å². The van der Waals surface area contributed by atoms with Crippen molar-refractivity contribution < 1.29 is 14.7 Å². The summed E-state index contributed by atoms with van der Waals surface area (Å²) in [6.07, 6.45) is 0.998. The predicted molar refractivity (Wildman–Crippen MR) is 149 cm³/mol. The average molecular weight is 544 g/mol. The van der Waals surface area contributed by atoms with Crippen LogP contribution < -0.4 is 15.8 Å². The van der Waals surface area contributed by atoms with E-state index in [1.807, 2.05) is 55.1 Å². The molecule has 2 N–H and O–H groups in total. The number of pyridine rings is 1. The van der Waals surface area contributed by atoms with E-state index in [0.717, 1.165) is 35.3 Å². The highest BCUT2D eigenvalue weighted by Gasteiger charge is 2.52. The Morgan fingerprint density at radius 2 is 1.87 bits per heavy atom. The number of halogens is 1. The number of hydrogen-bond donors (Lipinski definition) is 2. The van der Waals surface area contributed by atoms with Crippen LogP contribution in [0.3, 0.4) is 0 Å². The number of nitrogens with one attached hydrogen (secondary N) is 1. The molecule has 9 nitrogen and oxygen atoms in total. The SMILES string of the molecule is Cc1cc([C@@H](C)Nc2ccc(Cl)nc2C(=O)O)c2nc(-c3ccc(N4C[C@H]5C[C@H]5C4=O)cc3)n(C)c(=O)c2c1. The number of carbonyl (C=O) groups is 2. The van der Waals surface area contributed by atoms with Crippen molar-refractivity contribution in [3.05, 3.63) is 80.9 Å². The van der Waals surface area contributed by atoms with Crippen LogP contribution in [0, 0.1) is 18.8 Å². The molecule has 0 bridgehead atoms. The Balaban J connectivity index is 1.40. The molecule has 198 valence electrons. The van der Waals surface area contributed by atoms with Crippen LogP contribution >= 0.6 is 11.6 Å². The molecule has 0 radical (unpaired) electrons. The van der Waals surface area contributed by atoms with Gasteiger partial charge >= 0.3 is 5.97 Å². The molecular formula is C29H26ClN5O4. The third-order valence-electron chi connectivity index (χ3n) is 7.62. The highest BCUT2D eigenvalue weighted by atomic mass is 35.5. The van der Waals surface area contributed by atoms with Crippen LogP contribution in [-0.2, 0) is 11.8 Å². The van der Waals surface area contributed by atoms with Gasteiger partial charge in [-0.2, -0.15) is 0 Å². The zero-order valence-corrected chi connectivity index (χ0v) is 22.4. The van der Waals surface area contributed by atoms with Gasteiger partial charge in [0.2, 0.25) is 5.91 Å². The summed E-state index contributed by atoms with van der Waals surface area (Å²) in [6, 6.07) is 14.0. The third kappa shape index (κ3) is 4.32. The molecule has 3 atom stereocenters. The minimum Gasteiger partial charge on any atom is -0.476 e. The van der Waals surface area contributed by atoms with E-state index in [-0.39, 0.29) is 28.2 Å². The first-order chi connectivity index (χ1) is 18.6. The largest absolute Gasteiger partial charge is 0.476 e. The lowest BCUT2D eigenvalue weighted by Gasteiger charge is -2.20. The van der Waals surface area contributed by atoms with Gasteiger partial charge in [0.05, 0.1) is 22.6 Å². The van der Waals surface area contributed by atoms with Crippen LogP contribution in [0.4, 0.5) is 11.4 Å². The third-order valence-corrected chi connectivity index (χ3v) is 7.83. The van der Waals surface area contributed by atoms with E-state index < -0.39 is 12.0 Å². The molecule has 2 aromatic carbocycles. The van der Waals surface area contributed by atoms with Crippen molar-refractivity contribution in [2.24, 2.45) is 18.9 Å². The normalized spacial score (nSPS) is 18.8. The first kappa shape index (κ1) is 25.1. The van der Waals surface area contributed by atoms with Crippen LogP contribution in [0.1, 0.15) is 41.0 Å². The van der Waals surface area contributed by atoms with Gasteiger partial charge < -0.3 is 15.3 Å². The Hall–Kier alpha value is -4.24. The summed E-state index contributed by atoms with van der Waals surface area (Å²) in [7, 11) is 1.69. The summed E-state index contributed by atoms with van der Waals surface area (Å²) in [6.45, 7) is 4.54. The highest BCUT2D eigenvalue weighted by Crippen LogP contribution is 2.47. The van der Waals surface area contributed by atoms with Gasteiger partial charge in [-0.3, -0.25) is 14.2 Å². The summed E-state index contributed by atoms with van der Waals surface area (Å²) in [4.78, 5) is 48.4. The summed E-state index contributed by atoms with van der Waals surface area (Å²) < 4.78 is 1.53. The lowest BCUT2D eigenvalue weighted by molar-refractivity contribution is -0.118. The Morgan fingerprint density at radius 1 is 1.13 bits per heavy atom. The van der Waals surface area contributed by atoms with Crippen molar-refractivity contribution in [3.8, 4) is 11.4 Å². The first-order valence-corrected chi connectivity index (χ1v) is 13.1. The predicted octanol–water partition coefficient (Wildman–Crippen LogP) is 4.81. The number of aromatic nitrogens is 3. The fourth-order valence-corrected chi connectivity index (χ4v) is 5.61. The van der Waals surface area contributed by atoms with Crippen molar-refractivity contribution in [2.75, 3.05) is 16.8 Å². The zero-order valence-electron chi connectivity index (χ0n) is 21.6. The quantitative estimate of drug-likeness (QED) is 0.335. The lowest BCUT2D eigenvalue weighted by Crippen LogP contribution is -2.27. The second-order valence-electron chi connectivity index (χ2n) is 10.3. The molecule has 4 aromatic rings. The van der Waals surface area contributed by atoms with Gasteiger partial charge in [-0.1, -0.05) is 17.7 Å². The molecular weight excluding hydrogens is 518 g/mol.